The molecule has 144 valence electrons. The van der Waals surface area contributed by atoms with Crippen LogP contribution in [0, 0.1) is 0 Å². The molecular weight excluding hydrogens is 380 g/mol. The predicted molar refractivity (Wildman–Crippen MR) is 122 cm³/mol. The SMILES string of the molecule is c1ccc2c(c1)Cc1ccc3c(c1-2)-c1nc2c4cccnc4c4ncccc4n2c1C3. The second kappa shape index (κ2) is 5.35. The second-order valence-corrected chi connectivity index (χ2v) is 8.48. The number of imidazole rings is 1. The summed E-state index contributed by atoms with van der Waals surface area (Å²) in [5, 5.41) is 1.05. The Morgan fingerprint density at radius 2 is 1.48 bits per heavy atom. The average Bonchev–Trinajstić information content (AvgIpc) is 3.48. The van der Waals surface area contributed by atoms with Gasteiger partial charge in [0.15, 0.2) is 0 Å². The van der Waals surface area contributed by atoms with Gasteiger partial charge in [-0.1, -0.05) is 36.4 Å². The fraction of sp³-hybridized carbons (Fsp3) is 0.0741. The van der Waals surface area contributed by atoms with Crippen molar-refractivity contribution in [2.45, 2.75) is 12.8 Å². The zero-order chi connectivity index (χ0) is 20.1. The molecule has 0 atom stereocenters. The largest absolute Gasteiger partial charge is 0.293 e. The minimum absolute atomic E-state index is 0.886. The van der Waals surface area contributed by atoms with Gasteiger partial charge in [-0.25, -0.2) is 4.98 Å². The highest BCUT2D eigenvalue weighted by Gasteiger charge is 2.32. The summed E-state index contributed by atoms with van der Waals surface area (Å²) < 4.78 is 2.31. The Bertz CT molecular complexity index is 1740. The number of benzene rings is 2. The van der Waals surface area contributed by atoms with Crippen LogP contribution in [0.3, 0.4) is 0 Å². The first kappa shape index (κ1) is 15.7. The van der Waals surface area contributed by atoms with E-state index in [4.69, 9.17) is 9.97 Å². The Kier molecular flexibility index (Phi) is 2.72. The number of nitrogens with zero attached hydrogens (tertiary/aromatic N) is 4. The molecule has 4 heterocycles. The summed E-state index contributed by atoms with van der Waals surface area (Å²) in [6.45, 7) is 0. The molecule has 0 aliphatic heterocycles. The van der Waals surface area contributed by atoms with Crippen molar-refractivity contribution >= 4 is 27.6 Å². The van der Waals surface area contributed by atoms with E-state index >= 15 is 0 Å². The fourth-order valence-corrected chi connectivity index (χ4v) is 5.66. The summed E-state index contributed by atoms with van der Waals surface area (Å²) in [6, 6.07) is 21.6. The molecule has 8 rings (SSSR count). The first-order valence-electron chi connectivity index (χ1n) is 10.6. The first-order valence-corrected chi connectivity index (χ1v) is 10.6. The van der Waals surface area contributed by atoms with Gasteiger partial charge in [0.1, 0.15) is 16.7 Å². The van der Waals surface area contributed by atoms with E-state index in [-0.39, 0.29) is 0 Å². The van der Waals surface area contributed by atoms with E-state index in [9.17, 15) is 0 Å². The lowest BCUT2D eigenvalue weighted by Gasteiger charge is -2.09. The van der Waals surface area contributed by atoms with Crippen LogP contribution in [-0.2, 0) is 12.8 Å². The van der Waals surface area contributed by atoms with Crippen molar-refractivity contribution in [1.82, 2.24) is 19.4 Å². The van der Waals surface area contributed by atoms with Crippen molar-refractivity contribution in [3.63, 3.8) is 0 Å². The number of hydrogen-bond acceptors (Lipinski definition) is 3. The Morgan fingerprint density at radius 3 is 2.42 bits per heavy atom. The van der Waals surface area contributed by atoms with Gasteiger partial charge in [0.05, 0.1) is 16.9 Å². The third kappa shape index (κ3) is 1.84. The predicted octanol–water partition coefficient (Wildman–Crippen LogP) is 5.57. The van der Waals surface area contributed by atoms with E-state index in [1.54, 1.807) is 0 Å². The van der Waals surface area contributed by atoms with E-state index < -0.39 is 0 Å². The summed E-state index contributed by atoms with van der Waals surface area (Å²) in [7, 11) is 0. The van der Waals surface area contributed by atoms with Crippen LogP contribution in [0.2, 0.25) is 0 Å². The number of hydrogen-bond donors (Lipinski definition) is 0. The van der Waals surface area contributed by atoms with Crippen molar-refractivity contribution in [2.75, 3.05) is 0 Å². The van der Waals surface area contributed by atoms with Gasteiger partial charge in [0.25, 0.3) is 0 Å². The minimum Gasteiger partial charge on any atom is -0.293 e. The summed E-state index contributed by atoms with van der Waals surface area (Å²) in [6.07, 6.45) is 5.57. The third-order valence-electron chi connectivity index (χ3n) is 6.91. The molecular formula is C27H16N4. The summed E-state index contributed by atoms with van der Waals surface area (Å²) in [5.74, 6) is 0. The van der Waals surface area contributed by atoms with Crippen LogP contribution in [0.1, 0.15) is 22.4 Å². The van der Waals surface area contributed by atoms with E-state index in [1.165, 1.54) is 39.1 Å². The molecule has 6 aromatic rings. The van der Waals surface area contributed by atoms with Crippen LogP contribution in [-0.4, -0.2) is 19.4 Å². The smallest absolute Gasteiger partial charge is 0.147 e. The van der Waals surface area contributed by atoms with Gasteiger partial charge in [-0.2, -0.15) is 0 Å². The lowest BCUT2D eigenvalue weighted by Crippen LogP contribution is -1.98. The Morgan fingerprint density at radius 1 is 0.677 bits per heavy atom. The highest BCUT2D eigenvalue weighted by atomic mass is 15.1. The van der Waals surface area contributed by atoms with Gasteiger partial charge in [-0.15, -0.1) is 0 Å². The third-order valence-corrected chi connectivity index (χ3v) is 6.91. The number of pyridine rings is 3. The molecule has 4 nitrogen and oxygen atoms in total. The molecule has 0 bridgehead atoms. The summed E-state index contributed by atoms with van der Waals surface area (Å²) >= 11 is 0. The number of fused-ring (bicyclic) bond motifs is 14. The van der Waals surface area contributed by atoms with Gasteiger partial charge in [-0.3, -0.25) is 14.4 Å². The molecule has 0 unspecified atom stereocenters. The molecule has 31 heavy (non-hydrogen) atoms. The van der Waals surface area contributed by atoms with Gasteiger partial charge in [0.2, 0.25) is 0 Å². The molecule has 0 fully saturated rings. The highest BCUT2D eigenvalue weighted by Crippen LogP contribution is 2.49. The lowest BCUT2D eigenvalue weighted by molar-refractivity contribution is 1.09. The van der Waals surface area contributed by atoms with Crippen LogP contribution >= 0.6 is 0 Å². The Labute approximate surface area is 177 Å². The molecule has 0 N–H and O–H groups in total. The van der Waals surface area contributed by atoms with Crippen LogP contribution in [0.15, 0.2) is 73.1 Å². The summed E-state index contributed by atoms with van der Waals surface area (Å²) in [5.41, 5.74) is 14.5. The molecule has 4 aromatic heterocycles. The second-order valence-electron chi connectivity index (χ2n) is 8.48. The maximum absolute atomic E-state index is 5.26. The van der Waals surface area contributed by atoms with Gasteiger partial charge in [0, 0.05) is 29.8 Å². The van der Waals surface area contributed by atoms with Crippen molar-refractivity contribution in [3.05, 3.63) is 95.4 Å². The lowest BCUT2D eigenvalue weighted by atomic mass is 9.96. The molecule has 4 heteroatoms. The Hall–Kier alpha value is -4.05. The van der Waals surface area contributed by atoms with E-state index in [0.717, 1.165) is 46.1 Å². The molecule has 0 radical (unpaired) electrons. The maximum atomic E-state index is 5.26. The van der Waals surface area contributed by atoms with Crippen LogP contribution in [0.4, 0.5) is 0 Å². The van der Waals surface area contributed by atoms with Crippen LogP contribution in [0.5, 0.6) is 0 Å². The molecule has 0 saturated heterocycles. The highest BCUT2D eigenvalue weighted by molar-refractivity contribution is 6.09. The van der Waals surface area contributed by atoms with Crippen molar-refractivity contribution < 1.29 is 0 Å². The molecule has 2 aromatic carbocycles. The van der Waals surface area contributed by atoms with Crippen LogP contribution < -0.4 is 0 Å². The monoisotopic (exact) mass is 396 g/mol. The average molecular weight is 396 g/mol. The van der Waals surface area contributed by atoms with E-state index in [1.807, 2.05) is 24.5 Å². The zero-order valence-electron chi connectivity index (χ0n) is 16.6. The van der Waals surface area contributed by atoms with Crippen molar-refractivity contribution in [1.29, 1.82) is 0 Å². The van der Waals surface area contributed by atoms with Crippen LogP contribution in [0.25, 0.3) is 50.0 Å². The topological polar surface area (TPSA) is 43.1 Å². The van der Waals surface area contributed by atoms with Gasteiger partial charge >= 0.3 is 0 Å². The molecule has 0 saturated carbocycles. The normalized spacial score (nSPS) is 13.5. The molecule has 2 aliphatic rings. The minimum atomic E-state index is 0.886. The first-order chi connectivity index (χ1) is 15.4. The van der Waals surface area contributed by atoms with E-state index in [2.05, 4.69) is 57.9 Å². The maximum Gasteiger partial charge on any atom is 0.147 e. The molecule has 2 aliphatic carbocycles. The summed E-state index contributed by atoms with van der Waals surface area (Å²) in [4.78, 5) is 14.6. The van der Waals surface area contributed by atoms with Crippen molar-refractivity contribution in [2.24, 2.45) is 0 Å². The van der Waals surface area contributed by atoms with E-state index in [0.29, 0.717) is 0 Å². The number of rotatable bonds is 0. The Balaban J connectivity index is 1.55. The van der Waals surface area contributed by atoms with Gasteiger partial charge in [-0.05, 0) is 58.5 Å². The molecule has 0 spiro atoms. The number of aromatic nitrogens is 4. The zero-order valence-corrected chi connectivity index (χ0v) is 16.6. The standard InChI is InChI=1S/C27H16N4/c1-2-6-18-15(5-1)13-16-9-10-17-14-21-25(23(17)22(16)18)30-27-19-7-3-11-28-24(19)26-20(31(21)27)8-4-12-29-26/h1-12H,13-14H2. The van der Waals surface area contributed by atoms with Gasteiger partial charge < -0.3 is 0 Å². The fourth-order valence-electron chi connectivity index (χ4n) is 5.66. The quantitative estimate of drug-likeness (QED) is 0.315. The van der Waals surface area contributed by atoms with Crippen molar-refractivity contribution in [3.8, 4) is 22.4 Å². The molecule has 0 amide bonds.